The molecule has 2 N–H and O–H groups in total. The quantitative estimate of drug-likeness (QED) is 0.584. The van der Waals surface area contributed by atoms with Gasteiger partial charge >= 0.3 is 0 Å². The van der Waals surface area contributed by atoms with Gasteiger partial charge in [0.05, 0.1) is 17.6 Å². The predicted octanol–water partition coefficient (Wildman–Crippen LogP) is 1.59. The highest BCUT2D eigenvalue weighted by Gasteiger charge is 2.20. The molecule has 1 aromatic carbocycles. The van der Waals surface area contributed by atoms with Crippen LogP contribution in [0.25, 0.3) is 0 Å². The Kier molecular flexibility index (Phi) is 8.22. The topological polar surface area (TPSA) is 93.7 Å². The number of amides is 1. The zero-order chi connectivity index (χ0) is 19.9. The van der Waals surface area contributed by atoms with Crippen LogP contribution in [0.15, 0.2) is 17.0 Å². The summed E-state index contributed by atoms with van der Waals surface area (Å²) in [6, 6.07) is 3.68. The minimum atomic E-state index is -3.63. The number of carbonyl (C=O) groups is 1. The third-order valence-corrected chi connectivity index (χ3v) is 6.17. The standard InChI is InChI=1S/C19H30N2O5S/c1-14-11-15(2)19(16(3)12-14)27(23,24)21-8-5-18(22)20-7-4-9-26-17-6-10-25-13-17/h11-12,17,21H,4-10,13H2,1-3H3,(H,20,22). The first-order valence-electron chi connectivity index (χ1n) is 9.33. The fourth-order valence-corrected chi connectivity index (χ4v) is 4.73. The molecule has 1 amide bonds. The van der Waals surface area contributed by atoms with Crippen molar-refractivity contribution in [3.63, 3.8) is 0 Å². The molecule has 1 aliphatic heterocycles. The van der Waals surface area contributed by atoms with Crippen molar-refractivity contribution in [2.45, 2.75) is 51.0 Å². The van der Waals surface area contributed by atoms with Crippen molar-refractivity contribution in [1.82, 2.24) is 10.0 Å². The van der Waals surface area contributed by atoms with Crippen molar-refractivity contribution in [1.29, 1.82) is 0 Å². The highest BCUT2D eigenvalue weighted by Crippen LogP contribution is 2.21. The lowest BCUT2D eigenvalue weighted by atomic mass is 10.1. The third-order valence-electron chi connectivity index (χ3n) is 4.40. The Balaban J connectivity index is 1.68. The van der Waals surface area contributed by atoms with Crippen molar-refractivity contribution in [3.8, 4) is 0 Å². The molecule has 1 heterocycles. The van der Waals surface area contributed by atoms with Crippen LogP contribution in [0, 0.1) is 20.8 Å². The SMILES string of the molecule is Cc1cc(C)c(S(=O)(=O)NCCC(=O)NCCCOC2CCOC2)c(C)c1. The lowest BCUT2D eigenvalue weighted by molar-refractivity contribution is -0.120. The van der Waals surface area contributed by atoms with Gasteiger partial charge in [-0.05, 0) is 44.7 Å². The summed E-state index contributed by atoms with van der Waals surface area (Å²) in [6.45, 7) is 8.04. The first-order valence-corrected chi connectivity index (χ1v) is 10.8. The van der Waals surface area contributed by atoms with Crippen LogP contribution in [0.5, 0.6) is 0 Å². The van der Waals surface area contributed by atoms with E-state index in [-0.39, 0.29) is 25.0 Å². The maximum atomic E-state index is 12.5. The number of carbonyl (C=O) groups excluding carboxylic acids is 1. The van der Waals surface area contributed by atoms with E-state index < -0.39 is 10.0 Å². The molecule has 1 aromatic rings. The normalized spacial score (nSPS) is 17.2. The molecule has 1 fully saturated rings. The van der Waals surface area contributed by atoms with E-state index in [0.717, 1.165) is 25.0 Å². The molecule has 1 unspecified atom stereocenters. The lowest BCUT2D eigenvalue weighted by Gasteiger charge is -2.13. The van der Waals surface area contributed by atoms with Crippen molar-refractivity contribution in [2.24, 2.45) is 0 Å². The summed E-state index contributed by atoms with van der Waals surface area (Å²) in [5.74, 6) is -0.181. The third kappa shape index (κ3) is 6.88. The largest absolute Gasteiger partial charge is 0.379 e. The number of nitrogens with one attached hydrogen (secondary N) is 2. The monoisotopic (exact) mass is 398 g/mol. The van der Waals surface area contributed by atoms with Gasteiger partial charge in [-0.1, -0.05) is 17.7 Å². The van der Waals surface area contributed by atoms with Crippen molar-refractivity contribution in [2.75, 3.05) is 32.9 Å². The molecule has 0 aliphatic carbocycles. The van der Waals surface area contributed by atoms with Gasteiger partial charge in [0.1, 0.15) is 0 Å². The van der Waals surface area contributed by atoms with Crippen molar-refractivity contribution in [3.05, 3.63) is 28.8 Å². The number of hydrogen-bond acceptors (Lipinski definition) is 5. The van der Waals surface area contributed by atoms with Crippen LogP contribution in [0.2, 0.25) is 0 Å². The van der Waals surface area contributed by atoms with E-state index in [1.165, 1.54) is 0 Å². The van der Waals surface area contributed by atoms with E-state index in [9.17, 15) is 13.2 Å². The minimum absolute atomic E-state index is 0.0663. The van der Waals surface area contributed by atoms with Gasteiger partial charge in [0.15, 0.2) is 0 Å². The Labute approximate surface area is 161 Å². The molecule has 0 saturated carbocycles. The lowest BCUT2D eigenvalue weighted by Crippen LogP contribution is -2.32. The van der Waals surface area contributed by atoms with Crippen molar-refractivity contribution >= 4 is 15.9 Å². The second-order valence-corrected chi connectivity index (χ2v) is 8.64. The second-order valence-electron chi connectivity index (χ2n) is 6.94. The van der Waals surface area contributed by atoms with E-state index in [2.05, 4.69) is 10.0 Å². The van der Waals surface area contributed by atoms with Crippen LogP contribution < -0.4 is 10.0 Å². The fraction of sp³-hybridized carbons (Fsp3) is 0.632. The zero-order valence-electron chi connectivity index (χ0n) is 16.3. The summed E-state index contributed by atoms with van der Waals surface area (Å²) in [4.78, 5) is 12.1. The van der Waals surface area contributed by atoms with Gasteiger partial charge in [-0.3, -0.25) is 4.79 Å². The van der Waals surface area contributed by atoms with E-state index in [1.807, 2.05) is 19.1 Å². The molecule has 2 rings (SSSR count). The Morgan fingerprint density at radius 2 is 1.93 bits per heavy atom. The summed E-state index contributed by atoms with van der Waals surface area (Å²) in [6.07, 6.45) is 1.91. The maximum Gasteiger partial charge on any atom is 0.241 e. The van der Waals surface area contributed by atoms with Gasteiger partial charge in [0.25, 0.3) is 0 Å². The number of rotatable bonds is 10. The van der Waals surface area contributed by atoms with Gasteiger partial charge < -0.3 is 14.8 Å². The van der Waals surface area contributed by atoms with Crippen LogP contribution in [-0.4, -0.2) is 53.3 Å². The van der Waals surface area contributed by atoms with E-state index >= 15 is 0 Å². The molecular weight excluding hydrogens is 368 g/mol. The smallest absolute Gasteiger partial charge is 0.241 e. The molecule has 1 atom stereocenters. The summed E-state index contributed by atoms with van der Waals surface area (Å²) in [5, 5.41) is 2.78. The number of ether oxygens (including phenoxy) is 2. The van der Waals surface area contributed by atoms with Gasteiger partial charge in [0.2, 0.25) is 15.9 Å². The van der Waals surface area contributed by atoms with Gasteiger partial charge in [-0.15, -0.1) is 0 Å². The number of hydrogen-bond donors (Lipinski definition) is 2. The molecule has 0 radical (unpaired) electrons. The highest BCUT2D eigenvalue weighted by atomic mass is 32.2. The van der Waals surface area contributed by atoms with Crippen LogP contribution >= 0.6 is 0 Å². The van der Waals surface area contributed by atoms with Gasteiger partial charge in [-0.25, -0.2) is 13.1 Å². The van der Waals surface area contributed by atoms with E-state index in [0.29, 0.717) is 35.8 Å². The molecule has 1 aliphatic rings. The fourth-order valence-electron chi connectivity index (χ4n) is 3.24. The zero-order valence-corrected chi connectivity index (χ0v) is 17.2. The molecule has 152 valence electrons. The molecule has 1 saturated heterocycles. The summed E-state index contributed by atoms with van der Waals surface area (Å²) >= 11 is 0. The Hall–Kier alpha value is -1.48. The molecule has 0 spiro atoms. The van der Waals surface area contributed by atoms with Crippen LogP contribution in [0.3, 0.4) is 0 Å². The average Bonchev–Trinajstić information content (AvgIpc) is 3.06. The second kappa shape index (κ2) is 10.2. The number of aryl methyl sites for hydroxylation is 3. The Morgan fingerprint density at radius 1 is 1.22 bits per heavy atom. The molecule has 27 heavy (non-hydrogen) atoms. The maximum absolute atomic E-state index is 12.5. The molecule has 8 heteroatoms. The molecule has 0 bridgehead atoms. The number of benzene rings is 1. The first-order chi connectivity index (χ1) is 12.8. The summed E-state index contributed by atoms with van der Waals surface area (Å²) in [7, 11) is -3.63. The van der Waals surface area contributed by atoms with E-state index in [1.54, 1.807) is 13.8 Å². The highest BCUT2D eigenvalue weighted by molar-refractivity contribution is 7.89. The summed E-state index contributed by atoms with van der Waals surface area (Å²) < 4.78 is 38.4. The van der Waals surface area contributed by atoms with Gasteiger partial charge in [0, 0.05) is 32.7 Å². The number of sulfonamides is 1. The molecular formula is C19H30N2O5S. The Morgan fingerprint density at radius 3 is 2.56 bits per heavy atom. The molecule has 0 aromatic heterocycles. The average molecular weight is 399 g/mol. The molecule has 7 nitrogen and oxygen atoms in total. The van der Waals surface area contributed by atoms with Crippen molar-refractivity contribution < 1.29 is 22.7 Å². The van der Waals surface area contributed by atoms with Crippen LogP contribution in [0.1, 0.15) is 36.0 Å². The predicted molar refractivity (Wildman–Crippen MR) is 103 cm³/mol. The van der Waals surface area contributed by atoms with E-state index in [4.69, 9.17) is 9.47 Å². The first kappa shape index (κ1) is 21.8. The Bertz CT molecular complexity index is 719. The summed E-state index contributed by atoms with van der Waals surface area (Å²) in [5.41, 5.74) is 2.43. The minimum Gasteiger partial charge on any atom is -0.379 e. The van der Waals surface area contributed by atoms with Crippen LogP contribution in [-0.2, 0) is 24.3 Å². The van der Waals surface area contributed by atoms with Gasteiger partial charge in [-0.2, -0.15) is 0 Å². The van der Waals surface area contributed by atoms with Crippen LogP contribution in [0.4, 0.5) is 0 Å².